The van der Waals surface area contributed by atoms with Gasteiger partial charge in [0.05, 0.1) is 41.5 Å². The normalized spacial score (nSPS) is 26.4. The number of halogens is 5. The van der Waals surface area contributed by atoms with Crippen LogP contribution in [0.1, 0.15) is 316 Å². The Kier molecular flexibility index (Phi) is 26.6. The maximum atomic E-state index is 13.1. The fourth-order valence-electron chi connectivity index (χ4n) is 23.7. The molecule has 6 unspecified atom stereocenters. The first-order valence-electron chi connectivity index (χ1n) is 48.5. The van der Waals surface area contributed by atoms with Gasteiger partial charge in [-0.2, -0.15) is 0 Å². The third kappa shape index (κ3) is 20.6. The average Bonchev–Trinajstić information content (AvgIpc) is 1.14. The zero-order chi connectivity index (χ0) is 90.1. The fraction of sp³-hybridized carbons (Fsp3) is 0.626. The van der Waals surface area contributed by atoms with Crippen molar-refractivity contribution >= 4 is 161 Å². The summed E-state index contributed by atoms with van der Waals surface area (Å²) in [5.74, 6) is 8.46. The summed E-state index contributed by atoms with van der Waals surface area (Å²) >= 11 is 30.5. The molecular weight excluding hydrogens is 1740 g/mol. The van der Waals surface area contributed by atoms with E-state index >= 15 is 0 Å². The van der Waals surface area contributed by atoms with Gasteiger partial charge in [0.15, 0.2) is 28.2 Å². The van der Waals surface area contributed by atoms with E-state index in [0.717, 1.165) is 231 Å². The standard InChI is InChI=1S/C22H27ClN4O.C20H27ClN4O.C19H25ClN4O2.C19H23ClN4O.C19H25ClN4O/c23-18-5-4-17-20(25-18)27(16-2-1-3-16)21(24-17)26-19(28)12-22-9-13-6-14(10-22)8-15(7-13)11-22;1-13(12-15-8-5-11-20(2,3)26-15)22-19-23-16-9-10-17(21)24-18(16)25(19)14-6-4-7-14;1-19(2)10-4-7-13(26-19)11-16(25)23-18-21-14-8-9-15(20)22-17(14)24(18)12-5-3-6-12;20-16-7-6-15-18(22-16)24(14-2-1-3-14)19(21-15)23-17(25)10-13-9-11-4-5-12(13)8-11;1-12(11-14-9-10-19(2,3)25-14)21-18-22-15-7-8-16(20)23-17(15)24(18)13-5-4-6-13/h4-5,13-16H,1-3,6-12H2,(H,24,26,28);9-10,14-15H,1,4-8,11-12H2,2-3H3,(H,22,23);8-9,12-13H,3-7,10-11H2,1-2H3,(H,21,23,25);6-7,11-14H,1-5,8-10H2,(H,21,23,25);7-8,13-14H,1,4-6,9-11H2,2-3H3,(H,21,22). The fourth-order valence-corrected chi connectivity index (χ4v) is 24.4. The third-order valence-electron chi connectivity index (χ3n) is 30.6. The second-order valence-electron chi connectivity index (χ2n) is 42.1. The second-order valence-corrected chi connectivity index (χ2v) is 44.0. The van der Waals surface area contributed by atoms with E-state index in [9.17, 15) is 14.4 Å². The van der Waals surface area contributed by atoms with Crippen molar-refractivity contribution in [1.29, 1.82) is 0 Å². The zero-order valence-electron chi connectivity index (χ0n) is 76.2. The lowest BCUT2D eigenvalue weighted by atomic mass is 9.49. The minimum Gasteiger partial charge on any atom is -0.372 e. The van der Waals surface area contributed by atoms with Crippen LogP contribution < -0.4 is 26.6 Å². The molecule has 0 radical (unpaired) electrons. The number of hydrogen-bond donors (Lipinski definition) is 5. The summed E-state index contributed by atoms with van der Waals surface area (Å²) in [6, 6.07) is 20.2. The number of carbonyl (C=O) groups is 3. The number of fused-ring (bicyclic) bond motifs is 7. The van der Waals surface area contributed by atoms with Crippen molar-refractivity contribution in [2.24, 2.45) is 40.9 Å². The smallest absolute Gasteiger partial charge is 0.229 e. The third-order valence-corrected chi connectivity index (χ3v) is 31.6. The summed E-state index contributed by atoms with van der Waals surface area (Å²) in [6.07, 6.45) is 42.8. The van der Waals surface area contributed by atoms with Gasteiger partial charge in [-0.15, -0.1) is 0 Å². The van der Waals surface area contributed by atoms with Crippen LogP contribution in [-0.2, 0) is 28.6 Å². The van der Waals surface area contributed by atoms with Crippen LogP contribution in [0.5, 0.6) is 0 Å². The Hall–Kier alpha value is -8.08. The Morgan fingerprint density at radius 1 is 0.338 bits per heavy atom. The Morgan fingerprint density at radius 3 is 0.938 bits per heavy atom. The lowest BCUT2D eigenvalue weighted by molar-refractivity contribution is -0.131. The van der Waals surface area contributed by atoms with E-state index < -0.39 is 0 Å². The van der Waals surface area contributed by atoms with Gasteiger partial charge in [0.1, 0.15) is 53.3 Å². The first-order chi connectivity index (χ1) is 62.5. The molecule has 26 nitrogen and oxygen atoms in total. The molecule has 14 aliphatic rings. The van der Waals surface area contributed by atoms with Gasteiger partial charge in [-0.05, 0) is 349 Å². The molecule has 6 bridgehead atoms. The number of anilines is 5. The number of ether oxygens (including phenoxy) is 3. The number of pyridine rings is 5. The van der Waals surface area contributed by atoms with Crippen molar-refractivity contribution in [3.8, 4) is 0 Å². The molecule has 11 saturated carbocycles. The molecule has 0 spiro atoms. The zero-order valence-corrected chi connectivity index (χ0v) is 80.0. The molecule has 5 N–H and O–H groups in total. The minimum absolute atomic E-state index is 0.0231. The number of nitrogens with one attached hydrogen (secondary N) is 5. The first kappa shape index (κ1) is 91.1. The largest absolute Gasteiger partial charge is 0.372 e. The van der Waals surface area contributed by atoms with Crippen LogP contribution in [0.15, 0.2) is 85.2 Å². The highest BCUT2D eigenvalue weighted by atomic mass is 35.5. The van der Waals surface area contributed by atoms with E-state index in [-0.39, 0.29) is 58.3 Å². The molecule has 31 heteroatoms. The predicted octanol–water partition coefficient (Wildman–Crippen LogP) is 25.0. The average molecular weight is 1870 g/mol. The van der Waals surface area contributed by atoms with Crippen molar-refractivity contribution in [2.75, 3.05) is 26.6 Å². The summed E-state index contributed by atoms with van der Waals surface area (Å²) in [7, 11) is 0. The Balaban J connectivity index is 0.000000105. The van der Waals surface area contributed by atoms with E-state index in [1.54, 1.807) is 30.3 Å². The molecule has 10 aromatic rings. The second kappa shape index (κ2) is 38.0. The Bertz CT molecular complexity index is 5700. The van der Waals surface area contributed by atoms with Crippen molar-refractivity contribution in [3.63, 3.8) is 0 Å². The molecule has 3 saturated heterocycles. The van der Waals surface area contributed by atoms with E-state index in [2.05, 4.69) is 134 Å². The molecule has 13 heterocycles. The van der Waals surface area contributed by atoms with Gasteiger partial charge in [-0.25, -0.2) is 49.8 Å². The van der Waals surface area contributed by atoms with Gasteiger partial charge >= 0.3 is 0 Å². The van der Waals surface area contributed by atoms with E-state index in [1.165, 1.54) is 103 Å². The molecule has 11 aliphatic carbocycles. The van der Waals surface area contributed by atoms with Crippen LogP contribution in [0, 0.1) is 40.9 Å². The van der Waals surface area contributed by atoms with Gasteiger partial charge in [-0.1, -0.05) is 77.6 Å². The SMILES string of the molecule is C=C(CC1CCC(C)(C)O1)Nc1nc2ccc(Cl)nc2n1C1CCC1.C=C(CC1CCCC(C)(C)O1)Nc1nc2ccc(Cl)nc2n1C1CCC1.CC1(C)CCCC(CC(=O)Nc2nc3ccc(Cl)nc3n2C2CCC2)O1.O=C(CC12CC3CC(CC(C3)C1)C2)Nc1nc2ccc(Cl)nc2n1C1CCC1.O=C(CC1CC2CCC1C2)Nc1nc2ccc(Cl)nc2n1C1CCC1. The number of carbonyl (C=O) groups excluding carboxylic acids is 3. The maximum absolute atomic E-state index is 13.1. The summed E-state index contributed by atoms with van der Waals surface area (Å²) < 4.78 is 29.0. The van der Waals surface area contributed by atoms with Crippen LogP contribution in [0.3, 0.4) is 0 Å². The summed E-state index contributed by atoms with van der Waals surface area (Å²) in [5.41, 5.74) is 10.0. The molecule has 3 amide bonds. The summed E-state index contributed by atoms with van der Waals surface area (Å²) in [5, 5.41) is 18.5. The molecule has 14 fully saturated rings. The number of aromatic nitrogens is 15. The molecule has 0 aromatic carbocycles. The lowest BCUT2D eigenvalue weighted by Crippen LogP contribution is -2.47. The van der Waals surface area contributed by atoms with Crippen molar-refractivity contribution in [3.05, 3.63) is 111 Å². The number of hydrogen-bond acceptors (Lipinski definition) is 18. The van der Waals surface area contributed by atoms with E-state index in [1.807, 2.05) is 34.9 Å². The number of imidazole rings is 5. The van der Waals surface area contributed by atoms with Crippen LogP contribution in [0.25, 0.3) is 55.8 Å². The highest BCUT2D eigenvalue weighted by Crippen LogP contribution is 2.62. The first-order valence-corrected chi connectivity index (χ1v) is 50.4. The van der Waals surface area contributed by atoms with Gasteiger partial charge < -0.3 is 24.8 Å². The van der Waals surface area contributed by atoms with Crippen LogP contribution in [-0.4, -0.2) is 126 Å². The number of amides is 3. The van der Waals surface area contributed by atoms with Crippen LogP contribution >= 0.6 is 58.0 Å². The molecular formula is C99H127Cl5N20O6. The maximum Gasteiger partial charge on any atom is 0.229 e. The Morgan fingerprint density at radius 2 is 0.646 bits per heavy atom. The molecule has 10 aromatic heterocycles. The van der Waals surface area contributed by atoms with Gasteiger partial charge in [0.25, 0.3) is 0 Å². The quantitative estimate of drug-likeness (QED) is 0.0394. The molecule has 130 heavy (non-hydrogen) atoms. The molecule has 24 rings (SSSR count). The highest BCUT2D eigenvalue weighted by Gasteiger charge is 2.52. The topological polar surface area (TPSA) is 293 Å². The van der Waals surface area contributed by atoms with Crippen molar-refractivity contribution in [2.45, 2.75) is 351 Å². The molecule has 6 atom stereocenters. The molecule has 3 aliphatic heterocycles. The Labute approximate surface area is 786 Å². The summed E-state index contributed by atoms with van der Waals surface area (Å²) in [4.78, 5) is 84.2. The lowest BCUT2D eigenvalue weighted by Gasteiger charge is -2.56. The highest BCUT2D eigenvalue weighted by molar-refractivity contribution is 6.31. The van der Waals surface area contributed by atoms with E-state index in [4.69, 9.17) is 87.2 Å². The van der Waals surface area contributed by atoms with Crippen molar-refractivity contribution in [1.82, 2.24) is 72.7 Å². The number of rotatable bonds is 22. The predicted molar refractivity (Wildman–Crippen MR) is 515 cm³/mol. The molecule has 694 valence electrons. The number of nitrogens with zero attached hydrogens (tertiary/aromatic N) is 15. The minimum atomic E-state index is -0.150. The summed E-state index contributed by atoms with van der Waals surface area (Å²) in [6.45, 7) is 21.2. The van der Waals surface area contributed by atoms with Crippen LogP contribution in [0.2, 0.25) is 25.8 Å². The van der Waals surface area contributed by atoms with Crippen molar-refractivity contribution < 1.29 is 28.6 Å². The van der Waals surface area contributed by atoms with Crippen LogP contribution in [0.4, 0.5) is 29.7 Å². The van der Waals surface area contributed by atoms with Gasteiger partial charge in [-0.3, -0.25) is 53.2 Å². The van der Waals surface area contributed by atoms with Gasteiger partial charge in [0.2, 0.25) is 47.5 Å². The van der Waals surface area contributed by atoms with E-state index in [0.29, 0.717) is 99.0 Å². The monoisotopic (exact) mass is 1870 g/mol. The van der Waals surface area contributed by atoms with Gasteiger partial charge in [0, 0.05) is 67.3 Å².